The van der Waals surface area contributed by atoms with Gasteiger partial charge < -0.3 is 5.73 Å². The highest BCUT2D eigenvalue weighted by atomic mass is 79.9. The minimum atomic E-state index is -0.413. The number of hydrogen-bond donors (Lipinski definition) is 1. The molecule has 0 saturated carbocycles. The molecule has 0 radical (unpaired) electrons. The normalized spacial score (nSPS) is 10.2. The van der Waals surface area contributed by atoms with E-state index in [4.69, 9.17) is 5.73 Å². The Labute approximate surface area is 90.4 Å². The van der Waals surface area contributed by atoms with E-state index in [1.165, 1.54) is 12.1 Å². The van der Waals surface area contributed by atoms with Gasteiger partial charge in [-0.3, -0.25) is 4.79 Å². The van der Waals surface area contributed by atoms with Gasteiger partial charge in [-0.25, -0.2) is 4.39 Å². The first-order valence-electron chi connectivity index (χ1n) is 4.33. The van der Waals surface area contributed by atoms with E-state index in [1.54, 1.807) is 6.07 Å². The Morgan fingerprint density at radius 2 is 2.21 bits per heavy atom. The molecule has 0 aromatic heterocycles. The summed E-state index contributed by atoms with van der Waals surface area (Å²) in [5.74, 6) is -0.481. The monoisotopic (exact) mass is 259 g/mol. The van der Waals surface area contributed by atoms with Crippen molar-refractivity contribution in [3.05, 3.63) is 34.1 Å². The summed E-state index contributed by atoms with van der Waals surface area (Å²) >= 11 is 3.02. The van der Waals surface area contributed by atoms with Crippen molar-refractivity contribution in [2.24, 2.45) is 5.73 Å². The summed E-state index contributed by atoms with van der Waals surface area (Å²) < 4.78 is 13.4. The second-order valence-electron chi connectivity index (χ2n) is 2.94. The fourth-order valence-corrected chi connectivity index (χ4v) is 1.32. The van der Waals surface area contributed by atoms with Crippen LogP contribution in [0, 0.1) is 5.82 Å². The smallest absolute Gasteiger partial charge is 0.163 e. The molecule has 0 unspecified atom stereocenters. The molecular formula is C10H11BrFNO. The molecule has 1 rings (SSSR count). The first-order valence-corrected chi connectivity index (χ1v) is 5.12. The lowest BCUT2D eigenvalue weighted by atomic mass is 10.1. The Hall–Kier alpha value is -0.740. The van der Waals surface area contributed by atoms with E-state index < -0.39 is 5.82 Å². The maximum absolute atomic E-state index is 13.0. The molecule has 0 aliphatic rings. The number of benzene rings is 1. The number of ketones is 1. The van der Waals surface area contributed by atoms with Crippen molar-refractivity contribution in [2.75, 3.05) is 6.54 Å². The number of carbonyl (C=O) groups excluding carboxylic acids is 1. The summed E-state index contributed by atoms with van der Waals surface area (Å²) in [6, 6.07) is 4.37. The van der Waals surface area contributed by atoms with Gasteiger partial charge in [0.05, 0.1) is 4.47 Å². The zero-order valence-corrected chi connectivity index (χ0v) is 9.18. The van der Waals surface area contributed by atoms with E-state index in [0.29, 0.717) is 29.4 Å². The van der Waals surface area contributed by atoms with E-state index in [-0.39, 0.29) is 5.78 Å². The van der Waals surface area contributed by atoms with Gasteiger partial charge in [-0.2, -0.15) is 0 Å². The van der Waals surface area contributed by atoms with Crippen LogP contribution >= 0.6 is 15.9 Å². The van der Waals surface area contributed by atoms with Crippen LogP contribution in [0.5, 0.6) is 0 Å². The SMILES string of the molecule is NCCCC(=O)c1ccc(Br)c(F)c1. The first-order chi connectivity index (χ1) is 6.65. The molecule has 0 aliphatic heterocycles. The lowest BCUT2D eigenvalue weighted by molar-refractivity contribution is 0.0980. The molecule has 0 atom stereocenters. The van der Waals surface area contributed by atoms with E-state index in [9.17, 15) is 9.18 Å². The Kier molecular flexibility index (Phi) is 4.22. The largest absolute Gasteiger partial charge is 0.330 e. The summed E-state index contributed by atoms with van der Waals surface area (Å²) in [5, 5.41) is 0. The average Bonchev–Trinajstić information content (AvgIpc) is 2.18. The van der Waals surface area contributed by atoms with Gasteiger partial charge in [0.1, 0.15) is 5.82 Å². The molecule has 0 amide bonds. The van der Waals surface area contributed by atoms with Crippen LogP contribution in [-0.4, -0.2) is 12.3 Å². The Morgan fingerprint density at radius 3 is 2.79 bits per heavy atom. The minimum Gasteiger partial charge on any atom is -0.330 e. The highest BCUT2D eigenvalue weighted by molar-refractivity contribution is 9.10. The third-order valence-corrected chi connectivity index (χ3v) is 2.49. The van der Waals surface area contributed by atoms with Crippen molar-refractivity contribution in [3.63, 3.8) is 0 Å². The molecule has 0 aliphatic carbocycles. The van der Waals surface area contributed by atoms with Gasteiger partial charge in [0.15, 0.2) is 5.78 Å². The highest BCUT2D eigenvalue weighted by Gasteiger charge is 2.07. The van der Waals surface area contributed by atoms with E-state index >= 15 is 0 Å². The number of nitrogens with two attached hydrogens (primary N) is 1. The molecule has 0 spiro atoms. The average molecular weight is 260 g/mol. The van der Waals surface area contributed by atoms with Crippen LogP contribution in [0.25, 0.3) is 0 Å². The van der Waals surface area contributed by atoms with Gasteiger partial charge in [-0.15, -0.1) is 0 Å². The van der Waals surface area contributed by atoms with Gasteiger partial charge in [-0.1, -0.05) is 6.07 Å². The lowest BCUT2D eigenvalue weighted by Gasteiger charge is -2.01. The van der Waals surface area contributed by atoms with Gasteiger partial charge >= 0.3 is 0 Å². The Balaban J connectivity index is 2.76. The maximum Gasteiger partial charge on any atom is 0.163 e. The summed E-state index contributed by atoms with van der Waals surface area (Å²) in [6.07, 6.45) is 1.01. The summed E-state index contributed by atoms with van der Waals surface area (Å²) in [5.41, 5.74) is 5.68. The van der Waals surface area contributed by atoms with Crippen LogP contribution in [0.2, 0.25) is 0 Å². The van der Waals surface area contributed by atoms with Crippen LogP contribution in [0.15, 0.2) is 22.7 Å². The van der Waals surface area contributed by atoms with Gasteiger partial charge in [-0.05, 0) is 41.0 Å². The van der Waals surface area contributed by atoms with Crippen LogP contribution in [0.1, 0.15) is 23.2 Å². The lowest BCUT2D eigenvalue weighted by Crippen LogP contribution is -2.05. The fourth-order valence-electron chi connectivity index (χ4n) is 1.08. The van der Waals surface area contributed by atoms with Crippen LogP contribution in [0.3, 0.4) is 0 Å². The molecule has 0 saturated heterocycles. The summed E-state index contributed by atoms with van der Waals surface area (Å²) in [7, 11) is 0. The van der Waals surface area contributed by atoms with Crippen molar-refractivity contribution in [3.8, 4) is 0 Å². The zero-order chi connectivity index (χ0) is 10.6. The zero-order valence-electron chi connectivity index (χ0n) is 7.59. The Bertz CT molecular complexity index is 341. The van der Waals surface area contributed by atoms with Crippen LogP contribution in [0.4, 0.5) is 4.39 Å². The number of hydrogen-bond acceptors (Lipinski definition) is 2. The molecule has 2 N–H and O–H groups in total. The van der Waals surface area contributed by atoms with Gasteiger partial charge in [0.25, 0.3) is 0 Å². The van der Waals surface area contributed by atoms with E-state index in [1.807, 2.05) is 0 Å². The molecule has 1 aromatic carbocycles. The quantitative estimate of drug-likeness (QED) is 0.845. The summed E-state index contributed by atoms with van der Waals surface area (Å²) in [6.45, 7) is 0.477. The van der Waals surface area contributed by atoms with Crippen molar-refractivity contribution < 1.29 is 9.18 Å². The molecular weight excluding hydrogens is 249 g/mol. The number of carbonyl (C=O) groups is 1. The molecule has 1 aromatic rings. The predicted octanol–water partition coefficient (Wildman–Crippen LogP) is 2.51. The fraction of sp³-hybridized carbons (Fsp3) is 0.300. The minimum absolute atomic E-state index is 0.0677. The molecule has 4 heteroatoms. The Morgan fingerprint density at radius 1 is 1.50 bits per heavy atom. The highest BCUT2D eigenvalue weighted by Crippen LogP contribution is 2.17. The number of halogens is 2. The van der Waals surface area contributed by atoms with E-state index in [0.717, 1.165) is 0 Å². The van der Waals surface area contributed by atoms with Crippen molar-refractivity contribution >= 4 is 21.7 Å². The molecule has 0 bridgehead atoms. The standard InChI is InChI=1S/C10H11BrFNO/c11-8-4-3-7(6-9(8)12)10(14)2-1-5-13/h3-4,6H,1-2,5,13H2. The predicted molar refractivity (Wildman–Crippen MR) is 56.7 cm³/mol. The third kappa shape index (κ3) is 2.89. The van der Waals surface area contributed by atoms with Gasteiger partial charge in [0.2, 0.25) is 0 Å². The first kappa shape index (κ1) is 11.3. The number of rotatable bonds is 4. The summed E-state index contributed by atoms with van der Waals surface area (Å²) in [4.78, 5) is 11.4. The molecule has 0 fully saturated rings. The van der Waals surface area contributed by atoms with Crippen LogP contribution in [-0.2, 0) is 0 Å². The molecule has 14 heavy (non-hydrogen) atoms. The van der Waals surface area contributed by atoms with Gasteiger partial charge in [0, 0.05) is 12.0 Å². The second kappa shape index (κ2) is 5.22. The molecule has 76 valence electrons. The topological polar surface area (TPSA) is 43.1 Å². The third-order valence-electron chi connectivity index (χ3n) is 1.85. The van der Waals surface area contributed by atoms with E-state index in [2.05, 4.69) is 15.9 Å². The van der Waals surface area contributed by atoms with Crippen molar-refractivity contribution in [1.29, 1.82) is 0 Å². The van der Waals surface area contributed by atoms with Crippen molar-refractivity contribution in [1.82, 2.24) is 0 Å². The molecule has 0 heterocycles. The maximum atomic E-state index is 13.0. The van der Waals surface area contributed by atoms with Crippen molar-refractivity contribution in [2.45, 2.75) is 12.8 Å². The molecule has 2 nitrogen and oxygen atoms in total. The van der Waals surface area contributed by atoms with Crippen LogP contribution < -0.4 is 5.73 Å². The second-order valence-corrected chi connectivity index (χ2v) is 3.80. The number of Topliss-reactive ketones (excluding diaryl/α,β-unsaturated/α-hetero) is 1.